The van der Waals surface area contributed by atoms with Crippen LogP contribution < -0.4 is 0 Å². The van der Waals surface area contributed by atoms with Crippen LogP contribution in [0.1, 0.15) is 110 Å². The van der Waals surface area contributed by atoms with Gasteiger partial charge in [-0.3, -0.25) is 0 Å². The van der Waals surface area contributed by atoms with Gasteiger partial charge in [0.1, 0.15) is 0 Å². The summed E-state index contributed by atoms with van der Waals surface area (Å²) in [6, 6.07) is 0. The molecule has 0 aromatic rings. The molecule has 0 radical (unpaired) electrons. The summed E-state index contributed by atoms with van der Waals surface area (Å²) in [5, 5.41) is 0. The number of hydrogen-bond donors (Lipinski definition) is 0. The summed E-state index contributed by atoms with van der Waals surface area (Å²) < 4.78 is 0. The molecule has 2 aliphatic rings. The van der Waals surface area contributed by atoms with Crippen molar-refractivity contribution in [1.82, 2.24) is 0 Å². The third-order valence-corrected chi connectivity index (χ3v) is 6.69. The van der Waals surface area contributed by atoms with Crippen LogP contribution in [0.4, 0.5) is 0 Å². The van der Waals surface area contributed by atoms with Gasteiger partial charge in [-0.25, -0.2) is 0 Å². The van der Waals surface area contributed by atoms with Crippen molar-refractivity contribution in [1.29, 1.82) is 0 Å². The van der Waals surface area contributed by atoms with Gasteiger partial charge in [0.2, 0.25) is 0 Å². The minimum Gasteiger partial charge on any atom is -0.0885 e. The zero-order valence-electron chi connectivity index (χ0n) is 16.1. The van der Waals surface area contributed by atoms with Gasteiger partial charge in [0.25, 0.3) is 0 Å². The molecule has 0 N–H and O–H groups in total. The van der Waals surface area contributed by atoms with Crippen molar-refractivity contribution in [2.75, 3.05) is 0 Å². The van der Waals surface area contributed by atoms with E-state index in [1.54, 1.807) is 0 Å². The van der Waals surface area contributed by atoms with Crippen LogP contribution in [-0.2, 0) is 0 Å². The van der Waals surface area contributed by atoms with Crippen LogP contribution in [-0.4, -0.2) is 0 Å². The zero-order chi connectivity index (χ0) is 16.3. The molecule has 0 saturated heterocycles. The maximum atomic E-state index is 2.55. The van der Waals surface area contributed by atoms with Crippen LogP contribution in [0, 0.1) is 23.7 Å². The van der Waals surface area contributed by atoms with Gasteiger partial charge in [0.05, 0.1) is 0 Å². The first kappa shape index (κ1) is 19.1. The molecule has 0 spiro atoms. The van der Waals surface area contributed by atoms with Gasteiger partial charge in [0, 0.05) is 0 Å². The molecule has 2 saturated carbocycles. The summed E-state index contributed by atoms with van der Waals surface area (Å²) in [6.07, 6.45) is 27.2. The molecule has 0 bridgehead atoms. The Morgan fingerprint density at radius 1 is 0.739 bits per heavy atom. The second kappa shape index (κ2) is 11.3. The van der Waals surface area contributed by atoms with Crippen LogP contribution in [0.25, 0.3) is 0 Å². The van der Waals surface area contributed by atoms with Crippen LogP contribution in [0.15, 0.2) is 12.2 Å². The zero-order valence-corrected chi connectivity index (χ0v) is 16.1. The summed E-state index contributed by atoms with van der Waals surface area (Å²) in [5.41, 5.74) is 0. The highest BCUT2D eigenvalue weighted by molar-refractivity contribution is 4.93. The third-order valence-electron chi connectivity index (χ3n) is 6.69. The maximum Gasteiger partial charge on any atom is -0.0205 e. The first-order chi connectivity index (χ1) is 11.3. The average molecular weight is 319 g/mol. The van der Waals surface area contributed by atoms with Crippen LogP contribution in [0.5, 0.6) is 0 Å². The van der Waals surface area contributed by atoms with E-state index in [-0.39, 0.29) is 0 Å². The van der Waals surface area contributed by atoms with Gasteiger partial charge in [-0.2, -0.15) is 0 Å². The fourth-order valence-electron chi connectivity index (χ4n) is 5.22. The largest absolute Gasteiger partial charge is 0.0885 e. The van der Waals surface area contributed by atoms with E-state index in [0.29, 0.717) is 0 Å². The van der Waals surface area contributed by atoms with Gasteiger partial charge < -0.3 is 0 Å². The molecule has 0 amide bonds. The van der Waals surface area contributed by atoms with Crippen molar-refractivity contribution < 1.29 is 0 Å². The minimum atomic E-state index is 0.910. The molecule has 134 valence electrons. The molecule has 0 nitrogen and oxygen atoms in total. The lowest BCUT2D eigenvalue weighted by atomic mass is 9.75. The van der Waals surface area contributed by atoms with Gasteiger partial charge in [-0.05, 0) is 49.4 Å². The molecule has 0 aromatic carbocycles. The van der Waals surface area contributed by atoms with Crippen molar-refractivity contribution in [3.05, 3.63) is 12.2 Å². The Labute approximate surface area is 146 Å². The summed E-state index contributed by atoms with van der Waals surface area (Å²) in [5.74, 6) is 4.06. The Bertz CT molecular complexity index is 308. The molecule has 0 heterocycles. The van der Waals surface area contributed by atoms with Gasteiger partial charge in [-0.1, -0.05) is 96.6 Å². The SMILES string of the molecule is CC/C=C/C1CCCCC1CCCCC1CCC(CCC)CC1. The molecule has 2 atom stereocenters. The Hall–Kier alpha value is -0.260. The average Bonchev–Trinajstić information content (AvgIpc) is 2.59. The summed E-state index contributed by atoms with van der Waals surface area (Å²) in [6.45, 7) is 4.61. The normalized spacial score (nSPS) is 32.4. The van der Waals surface area contributed by atoms with Gasteiger partial charge >= 0.3 is 0 Å². The van der Waals surface area contributed by atoms with E-state index in [0.717, 1.165) is 23.7 Å². The Morgan fingerprint density at radius 3 is 2.09 bits per heavy atom. The number of hydrogen-bond acceptors (Lipinski definition) is 0. The van der Waals surface area contributed by atoms with Gasteiger partial charge in [0.15, 0.2) is 0 Å². The Balaban J connectivity index is 1.58. The van der Waals surface area contributed by atoms with E-state index in [1.807, 2.05) is 0 Å². The summed E-state index contributed by atoms with van der Waals surface area (Å²) >= 11 is 0. The standard InChI is InChI=1S/C23H42/c1-3-5-12-22-14-8-9-15-23(22)13-7-6-11-21-18-16-20(10-4-2)17-19-21/h5,12,20-23H,3-4,6-11,13-19H2,1-2H3/b12-5+. The highest BCUT2D eigenvalue weighted by Crippen LogP contribution is 2.36. The van der Waals surface area contributed by atoms with Crippen molar-refractivity contribution in [3.63, 3.8) is 0 Å². The van der Waals surface area contributed by atoms with Gasteiger partial charge in [-0.15, -0.1) is 0 Å². The highest BCUT2D eigenvalue weighted by Gasteiger charge is 2.23. The van der Waals surface area contributed by atoms with Crippen LogP contribution in [0.2, 0.25) is 0 Å². The quantitative estimate of drug-likeness (QED) is 0.299. The lowest BCUT2D eigenvalue weighted by Crippen LogP contribution is -2.18. The molecule has 0 aromatic heterocycles. The van der Waals surface area contributed by atoms with E-state index in [2.05, 4.69) is 26.0 Å². The predicted octanol–water partition coefficient (Wildman–Crippen LogP) is 7.93. The van der Waals surface area contributed by atoms with E-state index in [1.165, 1.54) is 96.3 Å². The highest BCUT2D eigenvalue weighted by atomic mass is 14.3. The lowest BCUT2D eigenvalue weighted by molar-refractivity contribution is 0.235. The van der Waals surface area contributed by atoms with Crippen LogP contribution >= 0.6 is 0 Å². The van der Waals surface area contributed by atoms with E-state index in [9.17, 15) is 0 Å². The fraction of sp³-hybridized carbons (Fsp3) is 0.913. The smallest absolute Gasteiger partial charge is 0.0205 e. The van der Waals surface area contributed by atoms with Crippen molar-refractivity contribution in [2.24, 2.45) is 23.7 Å². The Morgan fingerprint density at radius 2 is 1.39 bits per heavy atom. The molecule has 0 aliphatic heterocycles. The second-order valence-electron chi connectivity index (χ2n) is 8.50. The van der Waals surface area contributed by atoms with Crippen LogP contribution in [0.3, 0.4) is 0 Å². The van der Waals surface area contributed by atoms with Crippen molar-refractivity contribution in [3.8, 4) is 0 Å². The number of rotatable bonds is 9. The molecular weight excluding hydrogens is 276 g/mol. The second-order valence-corrected chi connectivity index (χ2v) is 8.50. The lowest BCUT2D eigenvalue weighted by Gasteiger charge is -2.30. The predicted molar refractivity (Wildman–Crippen MR) is 104 cm³/mol. The molecular formula is C23H42. The van der Waals surface area contributed by atoms with E-state index < -0.39 is 0 Å². The third kappa shape index (κ3) is 7.02. The minimum absolute atomic E-state index is 0.910. The molecule has 2 fully saturated rings. The molecule has 23 heavy (non-hydrogen) atoms. The monoisotopic (exact) mass is 318 g/mol. The number of unbranched alkanes of at least 4 members (excludes halogenated alkanes) is 1. The maximum absolute atomic E-state index is 2.55. The summed E-state index contributed by atoms with van der Waals surface area (Å²) in [7, 11) is 0. The Kier molecular flexibility index (Phi) is 9.39. The first-order valence-corrected chi connectivity index (χ1v) is 11.0. The van der Waals surface area contributed by atoms with E-state index in [4.69, 9.17) is 0 Å². The fourth-order valence-corrected chi connectivity index (χ4v) is 5.22. The molecule has 2 aliphatic carbocycles. The molecule has 0 heteroatoms. The molecule has 2 rings (SSSR count). The first-order valence-electron chi connectivity index (χ1n) is 11.0. The summed E-state index contributed by atoms with van der Waals surface area (Å²) in [4.78, 5) is 0. The molecule has 2 unspecified atom stereocenters. The number of allylic oxidation sites excluding steroid dienone is 2. The van der Waals surface area contributed by atoms with Crippen molar-refractivity contribution >= 4 is 0 Å². The van der Waals surface area contributed by atoms with E-state index >= 15 is 0 Å². The van der Waals surface area contributed by atoms with Crippen molar-refractivity contribution in [2.45, 2.75) is 110 Å². The topological polar surface area (TPSA) is 0 Å².